The molecule has 17 nitrogen and oxygen atoms in total. The molecule has 17 heteroatoms. The molecule has 0 aromatic carbocycles. The summed E-state index contributed by atoms with van der Waals surface area (Å²) in [7, 11) is 1.28. The van der Waals surface area contributed by atoms with Gasteiger partial charge in [-0.1, -0.05) is 51.4 Å². The third kappa shape index (κ3) is 41.7. The predicted octanol–water partition coefficient (Wildman–Crippen LogP) is 4.88. The monoisotopic (exact) mass is 876 g/mol. The van der Waals surface area contributed by atoms with Crippen molar-refractivity contribution in [1.29, 1.82) is 0 Å². The summed E-state index contributed by atoms with van der Waals surface area (Å²) in [5.41, 5.74) is -1.16. The molecule has 0 bridgehead atoms. The predicted molar refractivity (Wildman–Crippen MR) is 230 cm³/mol. The number of hydrogen-bond donors (Lipinski definition) is 3. The van der Waals surface area contributed by atoms with Gasteiger partial charge in [-0.15, -0.1) is 0 Å². The second kappa shape index (κ2) is 37.2. The van der Waals surface area contributed by atoms with Crippen LogP contribution in [-0.4, -0.2) is 139 Å². The number of hydrogen-bond acceptors (Lipinski definition) is 14. The van der Waals surface area contributed by atoms with Gasteiger partial charge >= 0.3 is 17.9 Å². The van der Waals surface area contributed by atoms with Gasteiger partial charge in [-0.05, 0) is 73.6 Å². The Morgan fingerprint density at radius 1 is 0.443 bits per heavy atom. The lowest BCUT2D eigenvalue weighted by atomic mass is 10.1. The van der Waals surface area contributed by atoms with Crippen molar-refractivity contribution in [3.05, 3.63) is 0 Å². The van der Waals surface area contributed by atoms with Gasteiger partial charge in [0, 0.05) is 45.6 Å². The van der Waals surface area contributed by atoms with E-state index in [1.165, 1.54) is 7.11 Å². The maximum atomic E-state index is 12.9. The molecular weight excluding hydrogens is 794 g/mol. The molecular formula is C44H81N3O14. The van der Waals surface area contributed by atoms with Crippen LogP contribution in [0.1, 0.15) is 144 Å². The Balaban J connectivity index is 3.98. The molecule has 0 saturated heterocycles. The lowest BCUT2D eigenvalue weighted by Crippen LogP contribution is -2.44. The molecule has 0 saturated carbocycles. The van der Waals surface area contributed by atoms with Crippen molar-refractivity contribution in [2.75, 3.05) is 86.3 Å². The maximum absolute atomic E-state index is 12.9. The van der Waals surface area contributed by atoms with Crippen LogP contribution in [0.5, 0.6) is 0 Å². The third-order valence-electron chi connectivity index (χ3n) is 8.53. The number of carbonyl (C=O) groups is 6. The van der Waals surface area contributed by atoms with Crippen molar-refractivity contribution in [2.45, 2.75) is 162 Å². The zero-order valence-corrected chi connectivity index (χ0v) is 38.6. The maximum Gasteiger partial charge on any atom is 0.331 e. The van der Waals surface area contributed by atoms with Crippen LogP contribution in [0.25, 0.3) is 0 Å². The van der Waals surface area contributed by atoms with Crippen LogP contribution in [0.2, 0.25) is 0 Å². The molecule has 3 N–H and O–H groups in total. The molecule has 0 heterocycles. The Bertz CT molecular complexity index is 1190. The Labute approximate surface area is 365 Å². The highest BCUT2D eigenvalue weighted by Crippen LogP contribution is 2.14. The number of esters is 3. The van der Waals surface area contributed by atoms with Crippen molar-refractivity contribution < 1.29 is 66.7 Å². The number of carbonyl (C=O) groups excluding carboxylic acids is 6. The van der Waals surface area contributed by atoms with Gasteiger partial charge in [0.05, 0.1) is 46.8 Å². The van der Waals surface area contributed by atoms with E-state index in [4.69, 9.17) is 33.2 Å². The quantitative estimate of drug-likeness (QED) is 0.0427. The lowest BCUT2D eigenvalue weighted by Gasteiger charge is -2.24. The molecule has 3 amide bonds. The fourth-order valence-electron chi connectivity index (χ4n) is 5.52. The Hall–Kier alpha value is -3.38. The summed E-state index contributed by atoms with van der Waals surface area (Å²) in [6.07, 6.45) is 13.1. The van der Waals surface area contributed by atoms with Gasteiger partial charge in [-0.3, -0.25) is 19.2 Å². The minimum absolute atomic E-state index is 0.0130. The van der Waals surface area contributed by atoms with Crippen LogP contribution in [0.15, 0.2) is 0 Å². The highest BCUT2D eigenvalue weighted by atomic mass is 16.6. The van der Waals surface area contributed by atoms with Gasteiger partial charge in [0.15, 0.2) is 0 Å². The SMILES string of the molecule is COC(=O)COCCOCCNC(=O)COCCOCCNC(=O)CC[C@H](NC(=O)CCCCCCCCOCCCCCCCCC(=O)OC(C)(C)C)C(=O)OC(C)(C)C. The van der Waals surface area contributed by atoms with E-state index in [0.29, 0.717) is 19.4 Å². The average Bonchev–Trinajstić information content (AvgIpc) is 3.18. The van der Waals surface area contributed by atoms with Crippen molar-refractivity contribution in [3.8, 4) is 0 Å². The van der Waals surface area contributed by atoms with Gasteiger partial charge in [-0.25, -0.2) is 9.59 Å². The van der Waals surface area contributed by atoms with E-state index in [1.54, 1.807) is 20.8 Å². The van der Waals surface area contributed by atoms with E-state index in [2.05, 4.69) is 20.7 Å². The third-order valence-corrected chi connectivity index (χ3v) is 8.53. The minimum atomic E-state index is -0.940. The normalized spacial score (nSPS) is 12.0. The summed E-state index contributed by atoms with van der Waals surface area (Å²) in [4.78, 5) is 72.6. The van der Waals surface area contributed by atoms with Crippen LogP contribution < -0.4 is 16.0 Å². The number of amides is 3. The van der Waals surface area contributed by atoms with Gasteiger partial charge in [-0.2, -0.15) is 0 Å². The second-order valence-corrected chi connectivity index (χ2v) is 16.7. The molecule has 0 aliphatic rings. The van der Waals surface area contributed by atoms with E-state index < -0.39 is 29.2 Å². The van der Waals surface area contributed by atoms with E-state index in [0.717, 1.165) is 83.8 Å². The van der Waals surface area contributed by atoms with Crippen LogP contribution in [0.4, 0.5) is 0 Å². The summed E-state index contributed by atoms with van der Waals surface area (Å²) < 4.78 is 42.2. The van der Waals surface area contributed by atoms with Crippen molar-refractivity contribution in [1.82, 2.24) is 16.0 Å². The van der Waals surface area contributed by atoms with E-state index in [-0.39, 0.29) is 102 Å². The summed E-state index contributed by atoms with van der Waals surface area (Å²) in [5, 5.41) is 8.16. The van der Waals surface area contributed by atoms with Crippen LogP contribution in [-0.2, 0) is 66.7 Å². The van der Waals surface area contributed by atoms with Crippen molar-refractivity contribution >= 4 is 35.6 Å². The Kier molecular flexibility index (Phi) is 35.1. The number of rotatable bonds is 39. The molecule has 61 heavy (non-hydrogen) atoms. The standard InChI is InChI=1S/C44H81N3O14/c1-43(2,3)60-40(51)21-17-13-9-11-15-19-27-55-26-18-14-10-8-12-16-20-38(49)47-36(42(53)61-44(4,5)6)22-23-37(48)45-24-28-56-30-32-58-34-39(50)46-25-29-57-31-33-59-35-41(52)54-7/h36H,8-35H2,1-7H3,(H,45,48)(H,46,50)(H,47,49)/t36-/m0/s1. The van der Waals surface area contributed by atoms with Crippen LogP contribution >= 0.6 is 0 Å². The molecule has 0 aromatic rings. The summed E-state index contributed by atoms with van der Waals surface area (Å²) in [6, 6.07) is -0.940. The van der Waals surface area contributed by atoms with E-state index >= 15 is 0 Å². The Morgan fingerprint density at radius 3 is 1.44 bits per heavy atom. The molecule has 0 aromatic heterocycles. The highest BCUT2D eigenvalue weighted by Gasteiger charge is 2.27. The average molecular weight is 876 g/mol. The van der Waals surface area contributed by atoms with Crippen molar-refractivity contribution in [3.63, 3.8) is 0 Å². The molecule has 356 valence electrons. The molecule has 0 rings (SSSR count). The van der Waals surface area contributed by atoms with E-state index in [9.17, 15) is 28.8 Å². The molecule has 0 fully saturated rings. The number of ether oxygens (including phenoxy) is 8. The second-order valence-electron chi connectivity index (χ2n) is 16.7. The fraction of sp³-hybridized carbons (Fsp3) is 0.864. The van der Waals surface area contributed by atoms with Gasteiger partial charge < -0.3 is 53.8 Å². The fourth-order valence-corrected chi connectivity index (χ4v) is 5.52. The first-order valence-electron chi connectivity index (χ1n) is 22.3. The smallest absolute Gasteiger partial charge is 0.331 e. The largest absolute Gasteiger partial charge is 0.467 e. The first-order valence-corrected chi connectivity index (χ1v) is 22.3. The highest BCUT2D eigenvalue weighted by molar-refractivity contribution is 5.85. The number of nitrogens with one attached hydrogen (secondary N) is 3. The van der Waals surface area contributed by atoms with Crippen LogP contribution in [0, 0.1) is 0 Å². The van der Waals surface area contributed by atoms with Gasteiger partial charge in [0.1, 0.15) is 30.5 Å². The van der Waals surface area contributed by atoms with Crippen LogP contribution in [0.3, 0.4) is 0 Å². The topological polar surface area (TPSA) is 212 Å². The summed E-state index contributed by atoms with van der Waals surface area (Å²) >= 11 is 0. The first-order chi connectivity index (χ1) is 29.0. The molecule has 0 aliphatic carbocycles. The number of unbranched alkanes of at least 4 members (excludes halogenated alkanes) is 10. The first kappa shape index (κ1) is 57.6. The summed E-state index contributed by atoms with van der Waals surface area (Å²) in [5.74, 6) is -1.99. The molecule has 0 aliphatic heterocycles. The summed E-state index contributed by atoms with van der Waals surface area (Å²) in [6.45, 7) is 14.1. The number of methoxy groups -OCH3 is 1. The molecule has 0 unspecified atom stereocenters. The zero-order valence-electron chi connectivity index (χ0n) is 38.6. The van der Waals surface area contributed by atoms with Gasteiger partial charge in [0.2, 0.25) is 17.7 Å². The molecule has 0 spiro atoms. The van der Waals surface area contributed by atoms with Crippen molar-refractivity contribution in [2.24, 2.45) is 0 Å². The Morgan fingerprint density at radius 2 is 0.902 bits per heavy atom. The lowest BCUT2D eigenvalue weighted by molar-refractivity contribution is -0.159. The zero-order chi connectivity index (χ0) is 45.6. The molecule has 0 radical (unpaired) electrons. The van der Waals surface area contributed by atoms with Gasteiger partial charge in [0.25, 0.3) is 0 Å². The minimum Gasteiger partial charge on any atom is -0.467 e. The van der Waals surface area contributed by atoms with E-state index in [1.807, 2.05) is 20.8 Å². The molecule has 1 atom stereocenters.